The lowest BCUT2D eigenvalue weighted by atomic mass is 10.2. The van der Waals surface area contributed by atoms with Crippen molar-refractivity contribution in [2.45, 2.75) is 6.42 Å². The van der Waals surface area contributed by atoms with Crippen LogP contribution in [0.5, 0.6) is 0 Å². The first-order valence-corrected chi connectivity index (χ1v) is 7.44. The number of anilines is 2. The molecular weight excluding hydrogens is 340 g/mol. The van der Waals surface area contributed by atoms with Crippen molar-refractivity contribution in [3.8, 4) is 0 Å². The molecule has 3 nitrogen and oxygen atoms in total. The van der Waals surface area contributed by atoms with Crippen LogP contribution in [0.4, 0.5) is 16.2 Å². The van der Waals surface area contributed by atoms with E-state index in [-0.39, 0.29) is 6.03 Å². The van der Waals surface area contributed by atoms with Crippen LogP contribution in [0.2, 0.25) is 5.02 Å². The lowest BCUT2D eigenvalue weighted by molar-refractivity contribution is 0.257. The van der Waals surface area contributed by atoms with Gasteiger partial charge in [0.2, 0.25) is 0 Å². The van der Waals surface area contributed by atoms with E-state index in [9.17, 15) is 4.79 Å². The summed E-state index contributed by atoms with van der Waals surface area (Å²) in [6.45, 7) is 0.694. The molecule has 5 heteroatoms. The Morgan fingerprint density at radius 1 is 1.25 bits per heavy atom. The average Bonchev–Trinajstić information content (AvgIpc) is 2.86. The number of carbonyl (C=O) groups is 1. The van der Waals surface area contributed by atoms with Crippen LogP contribution in [0.1, 0.15) is 5.56 Å². The predicted octanol–water partition coefficient (Wildman–Crippen LogP) is 4.70. The fourth-order valence-corrected chi connectivity index (χ4v) is 3.04. The number of rotatable bonds is 1. The van der Waals surface area contributed by atoms with Crippen molar-refractivity contribution in [2.24, 2.45) is 0 Å². The van der Waals surface area contributed by atoms with Crippen LogP contribution in [-0.2, 0) is 6.42 Å². The van der Waals surface area contributed by atoms with Crippen LogP contribution in [-0.4, -0.2) is 12.6 Å². The molecule has 0 saturated heterocycles. The van der Waals surface area contributed by atoms with Crippen LogP contribution >= 0.6 is 27.5 Å². The summed E-state index contributed by atoms with van der Waals surface area (Å²) in [5, 5.41) is 3.37. The minimum Gasteiger partial charge on any atom is -0.306 e. The molecule has 0 radical (unpaired) electrons. The number of urea groups is 1. The van der Waals surface area contributed by atoms with Gasteiger partial charge in [0.05, 0.1) is 10.7 Å². The standard InChI is InChI=1S/C15H12BrClN2O/c16-11-5-6-13(12(17)9-11)18-15(20)19-8-7-10-3-1-2-4-14(10)19/h1-6,9H,7-8H2,(H,18,20). The monoisotopic (exact) mass is 350 g/mol. The van der Waals surface area contributed by atoms with E-state index in [1.165, 1.54) is 5.56 Å². The minimum absolute atomic E-state index is 0.154. The van der Waals surface area contributed by atoms with Crippen LogP contribution in [0.25, 0.3) is 0 Å². The van der Waals surface area contributed by atoms with Gasteiger partial charge in [-0.25, -0.2) is 4.79 Å². The Bertz CT molecular complexity index is 675. The molecule has 20 heavy (non-hydrogen) atoms. The third-order valence-corrected chi connectivity index (χ3v) is 4.11. The Hall–Kier alpha value is -1.52. The van der Waals surface area contributed by atoms with Crippen molar-refractivity contribution >= 4 is 44.9 Å². The molecule has 102 valence electrons. The minimum atomic E-state index is -0.154. The molecule has 1 N–H and O–H groups in total. The maximum absolute atomic E-state index is 12.4. The molecule has 0 unspecified atom stereocenters. The molecule has 0 atom stereocenters. The molecule has 3 rings (SSSR count). The molecule has 0 fully saturated rings. The predicted molar refractivity (Wildman–Crippen MR) is 85.7 cm³/mol. The summed E-state index contributed by atoms with van der Waals surface area (Å²) in [7, 11) is 0. The zero-order chi connectivity index (χ0) is 14.1. The van der Waals surface area contributed by atoms with E-state index in [1.54, 1.807) is 17.0 Å². The molecule has 2 amide bonds. The summed E-state index contributed by atoms with van der Waals surface area (Å²) < 4.78 is 0.881. The maximum Gasteiger partial charge on any atom is 0.326 e. The smallest absolute Gasteiger partial charge is 0.306 e. The average molecular weight is 352 g/mol. The van der Waals surface area contributed by atoms with E-state index in [2.05, 4.69) is 27.3 Å². The van der Waals surface area contributed by atoms with E-state index in [1.807, 2.05) is 24.3 Å². The Morgan fingerprint density at radius 2 is 2.05 bits per heavy atom. The van der Waals surface area contributed by atoms with Crippen molar-refractivity contribution in [3.05, 3.63) is 57.5 Å². The molecule has 1 aliphatic heterocycles. The first-order valence-electron chi connectivity index (χ1n) is 6.26. The van der Waals surface area contributed by atoms with Crippen LogP contribution in [0.3, 0.4) is 0 Å². The summed E-state index contributed by atoms with van der Waals surface area (Å²) in [6.07, 6.45) is 0.887. The lowest BCUT2D eigenvalue weighted by Gasteiger charge is -2.18. The molecule has 0 bridgehead atoms. The second-order valence-corrected chi connectivity index (χ2v) is 5.91. The fourth-order valence-electron chi connectivity index (χ4n) is 2.32. The van der Waals surface area contributed by atoms with E-state index >= 15 is 0 Å². The number of benzene rings is 2. The first kappa shape index (κ1) is 13.5. The Balaban J connectivity index is 1.81. The van der Waals surface area contributed by atoms with Gasteiger partial charge in [-0.1, -0.05) is 45.7 Å². The number of halogens is 2. The van der Waals surface area contributed by atoms with Gasteiger partial charge < -0.3 is 5.32 Å². The number of hydrogen-bond acceptors (Lipinski definition) is 1. The summed E-state index contributed by atoms with van der Waals surface area (Å²) in [5.74, 6) is 0. The number of carbonyl (C=O) groups excluding carboxylic acids is 1. The van der Waals surface area contributed by atoms with Crippen LogP contribution in [0.15, 0.2) is 46.9 Å². The fraction of sp³-hybridized carbons (Fsp3) is 0.133. The van der Waals surface area contributed by atoms with Gasteiger partial charge in [0.25, 0.3) is 0 Å². The summed E-state index contributed by atoms with van der Waals surface area (Å²) in [6, 6.07) is 13.2. The summed E-state index contributed by atoms with van der Waals surface area (Å²) >= 11 is 9.46. The second kappa shape index (κ2) is 5.46. The molecule has 0 aromatic heterocycles. The van der Waals surface area contributed by atoms with Gasteiger partial charge in [-0.15, -0.1) is 0 Å². The topological polar surface area (TPSA) is 32.3 Å². The lowest BCUT2D eigenvalue weighted by Crippen LogP contribution is -2.33. The number of para-hydroxylation sites is 1. The second-order valence-electron chi connectivity index (χ2n) is 4.58. The van der Waals surface area contributed by atoms with Gasteiger partial charge in [0.15, 0.2) is 0 Å². The van der Waals surface area contributed by atoms with Crippen molar-refractivity contribution in [1.82, 2.24) is 0 Å². The Labute approximate surface area is 130 Å². The Morgan fingerprint density at radius 3 is 2.85 bits per heavy atom. The first-order chi connectivity index (χ1) is 9.65. The zero-order valence-electron chi connectivity index (χ0n) is 10.6. The van der Waals surface area contributed by atoms with E-state index in [0.29, 0.717) is 17.3 Å². The number of hydrogen-bond donors (Lipinski definition) is 1. The van der Waals surface area contributed by atoms with Crippen molar-refractivity contribution < 1.29 is 4.79 Å². The van der Waals surface area contributed by atoms with Gasteiger partial charge in [-0.05, 0) is 36.2 Å². The highest BCUT2D eigenvalue weighted by Crippen LogP contribution is 2.30. The highest BCUT2D eigenvalue weighted by Gasteiger charge is 2.24. The molecular formula is C15H12BrClN2O. The number of nitrogens with zero attached hydrogens (tertiary/aromatic N) is 1. The highest BCUT2D eigenvalue weighted by atomic mass is 79.9. The molecule has 2 aromatic rings. The van der Waals surface area contributed by atoms with Gasteiger partial charge in [-0.2, -0.15) is 0 Å². The number of fused-ring (bicyclic) bond motifs is 1. The number of amides is 2. The summed E-state index contributed by atoms with van der Waals surface area (Å²) in [5.41, 5.74) is 2.78. The molecule has 0 aliphatic carbocycles. The van der Waals surface area contributed by atoms with Gasteiger partial charge in [-0.3, -0.25) is 4.90 Å². The van der Waals surface area contributed by atoms with Crippen molar-refractivity contribution in [2.75, 3.05) is 16.8 Å². The third kappa shape index (κ3) is 2.53. The highest BCUT2D eigenvalue weighted by molar-refractivity contribution is 9.10. The van der Waals surface area contributed by atoms with Crippen LogP contribution in [0, 0.1) is 0 Å². The quantitative estimate of drug-likeness (QED) is 0.793. The third-order valence-electron chi connectivity index (χ3n) is 3.31. The van der Waals surface area contributed by atoms with Gasteiger partial charge in [0.1, 0.15) is 0 Å². The molecule has 0 saturated carbocycles. The van der Waals surface area contributed by atoms with E-state index in [0.717, 1.165) is 16.6 Å². The van der Waals surface area contributed by atoms with Crippen LogP contribution < -0.4 is 10.2 Å². The van der Waals surface area contributed by atoms with Crippen molar-refractivity contribution in [3.63, 3.8) is 0 Å². The molecule has 1 aliphatic rings. The Kier molecular flexibility index (Phi) is 3.68. The molecule has 0 spiro atoms. The zero-order valence-corrected chi connectivity index (χ0v) is 12.9. The molecule has 2 aromatic carbocycles. The largest absolute Gasteiger partial charge is 0.326 e. The van der Waals surface area contributed by atoms with Crippen molar-refractivity contribution in [1.29, 1.82) is 0 Å². The number of nitrogens with one attached hydrogen (secondary N) is 1. The van der Waals surface area contributed by atoms with E-state index in [4.69, 9.17) is 11.6 Å². The molecule has 1 heterocycles. The van der Waals surface area contributed by atoms with E-state index < -0.39 is 0 Å². The SMILES string of the molecule is O=C(Nc1ccc(Br)cc1Cl)N1CCc2ccccc21. The van der Waals surface area contributed by atoms with Gasteiger partial charge >= 0.3 is 6.03 Å². The summed E-state index contributed by atoms with van der Waals surface area (Å²) in [4.78, 5) is 14.1. The van der Waals surface area contributed by atoms with Gasteiger partial charge in [0, 0.05) is 16.7 Å². The normalized spacial score (nSPS) is 13.2. The maximum atomic E-state index is 12.4.